The van der Waals surface area contributed by atoms with Crippen molar-refractivity contribution in [2.24, 2.45) is 0 Å². The second-order valence-electron chi connectivity index (χ2n) is 34.8. The van der Waals surface area contributed by atoms with Crippen LogP contribution in [0.25, 0.3) is 11.1 Å². The van der Waals surface area contributed by atoms with Crippen LogP contribution in [0.2, 0.25) is 0 Å². The third kappa shape index (κ3) is 8.61. The minimum Gasteiger partial charge on any atom is -0.311 e. The van der Waals surface area contributed by atoms with Crippen LogP contribution in [0.1, 0.15) is 237 Å². The van der Waals surface area contributed by atoms with E-state index in [0.717, 1.165) is 36.3 Å². The molecular formula is C84H98BN3. The van der Waals surface area contributed by atoms with Gasteiger partial charge in [-0.05, 0) is 233 Å². The number of fused-ring (bicyclic) bond motifs is 11. The van der Waals surface area contributed by atoms with Crippen LogP contribution in [0.15, 0.2) is 133 Å². The molecule has 3 nitrogen and oxygen atoms in total. The van der Waals surface area contributed by atoms with E-state index in [0.29, 0.717) is 0 Å². The zero-order valence-corrected chi connectivity index (χ0v) is 57.7. The molecule has 0 saturated heterocycles. The molecule has 0 radical (unpaired) electrons. The van der Waals surface area contributed by atoms with E-state index in [1.54, 1.807) is 0 Å². The lowest BCUT2D eigenvalue weighted by atomic mass is 9.33. The Labute approximate surface area is 530 Å². The Balaban J connectivity index is 1.18. The van der Waals surface area contributed by atoms with Gasteiger partial charge in [0.25, 0.3) is 6.71 Å². The van der Waals surface area contributed by atoms with E-state index in [1.165, 1.54) is 141 Å². The number of rotatable bonds is 5. The van der Waals surface area contributed by atoms with E-state index in [4.69, 9.17) is 0 Å². The van der Waals surface area contributed by atoms with Gasteiger partial charge in [-0.25, -0.2) is 0 Å². The van der Waals surface area contributed by atoms with Gasteiger partial charge < -0.3 is 14.7 Å². The van der Waals surface area contributed by atoms with Gasteiger partial charge >= 0.3 is 0 Å². The molecule has 0 amide bonds. The molecule has 8 aromatic carbocycles. The van der Waals surface area contributed by atoms with E-state index in [2.05, 4.69) is 300 Å². The summed E-state index contributed by atoms with van der Waals surface area (Å²) in [5.41, 5.74) is 34.9. The largest absolute Gasteiger partial charge is 0.311 e. The lowest BCUT2D eigenvalue weighted by molar-refractivity contribution is 0.332. The van der Waals surface area contributed by atoms with E-state index in [1.807, 2.05) is 0 Å². The Morgan fingerprint density at radius 1 is 0.375 bits per heavy atom. The topological polar surface area (TPSA) is 9.72 Å². The predicted octanol–water partition coefficient (Wildman–Crippen LogP) is 21.4. The standard InChI is InChI=1S/C84H98BN3/c1-50-41-60-63(80(13,14)39-37-78(60,9)10)46-68(50)87-70-48-65-62(82(17,18)49-83(65,19)20)45-67(70)85-66-36-35-59-73(57-25-23-24-26-58(57)84(59,21)22)75(66)88(69-47-64-61(42-51(69)2)79(11,12)38-40-81(64,15)16)72-44-56(43-71(87)74(72)85)86(54-31-27-52(28-32-54)76(3,4)5)55-33-29-53(30-34-55)77(6,7)8/h23-36,41-48H,37-40,49H2,1-22H3. The van der Waals surface area contributed by atoms with Gasteiger partial charge in [-0.15, -0.1) is 0 Å². The minimum atomic E-state index is -0.212. The van der Waals surface area contributed by atoms with Crippen molar-refractivity contribution in [3.05, 3.63) is 200 Å². The van der Waals surface area contributed by atoms with Crippen molar-refractivity contribution >= 4 is 74.3 Å². The Morgan fingerprint density at radius 2 is 0.795 bits per heavy atom. The van der Waals surface area contributed by atoms with Gasteiger partial charge in [0.05, 0.1) is 5.69 Å². The molecule has 0 aromatic heterocycles. The second kappa shape index (κ2) is 18.7. The Bertz CT molecular complexity index is 4200. The Kier molecular flexibility index (Phi) is 12.5. The molecule has 0 spiro atoms. The fourth-order valence-corrected chi connectivity index (χ4v) is 17.9. The third-order valence-electron chi connectivity index (χ3n) is 23.3. The average molecular weight is 1160 g/mol. The Hall–Kier alpha value is -6.78. The SMILES string of the molecule is Cc1cc2c(cc1N1c3cc4c(cc3B3c5ccc6c(c5N(c5cc7c(cc5C)C(C)(C)CCC7(C)C)c5cc(N(c7ccc(C(C)(C)C)cc7)c7ccc(C(C)(C)C)cc7)cc1c53)-c1ccccc1C6(C)C)C(C)(C)CC4(C)C)C(C)(C)CCC2(C)C. The highest BCUT2D eigenvalue weighted by atomic mass is 15.2. The smallest absolute Gasteiger partial charge is 0.252 e. The van der Waals surface area contributed by atoms with Gasteiger partial charge in [-0.1, -0.05) is 217 Å². The molecule has 0 bridgehead atoms. The molecule has 0 atom stereocenters. The van der Waals surface area contributed by atoms with Crippen LogP contribution in [-0.4, -0.2) is 6.71 Å². The maximum Gasteiger partial charge on any atom is 0.252 e. The maximum atomic E-state index is 2.83. The van der Waals surface area contributed by atoms with E-state index in [-0.39, 0.29) is 55.4 Å². The normalized spacial score (nSPS) is 19.6. The van der Waals surface area contributed by atoms with Crippen LogP contribution in [0.4, 0.5) is 51.2 Å². The van der Waals surface area contributed by atoms with Gasteiger partial charge in [-0.3, -0.25) is 0 Å². The zero-order chi connectivity index (χ0) is 62.9. The highest BCUT2D eigenvalue weighted by molar-refractivity contribution is 7.00. The molecule has 0 fully saturated rings. The Morgan fingerprint density at radius 3 is 1.28 bits per heavy atom. The van der Waals surface area contributed by atoms with Crippen LogP contribution in [-0.2, 0) is 48.7 Å². The molecule has 6 aliphatic rings. The van der Waals surface area contributed by atoms with Crippen LogP contribution < -0.4 is 31.1 Å². The maximum absolute atomic E-state index is 2.83. The quantitative estimate of drug-likeness (QED) is 0.159. The summed E-state index contributed by atoms with van der Waals surface area (Å²) in [7, 11) is 0. The molecule has 0 saturated carbocycles. The van der Waals surface area contributed by atoms with E-state index in [9.17, 15) is 0 Å². The van der Waals surface area contributed by atoms with Crippen LogP contribution in [0, 0.1) is 13.8 Å². The first-order valence-electron chi connectivity index (χ1n) is 33.5. The summed E-state index contributed by atoms with van der Waals surface area (Å²) in [5, 5.41) is 0. The molecule has 0 unspecified atom stereocenters. The summed E-state index contributed by atoms with van der Waals surface area (Å²) >= 11 is 0. The summed E-state index contributed by atoms with van der Waals surface area (Å²) in [6, 6.07) is 54.9. The first-order valence-corrected chi connectivity index (χ1v) is 33.5. The average Bonchev–Trinajstić information content (AvgIpc) is 1.14. The molecule has 4 heteroatoms. The van der Waals surface area contributed by atoms with Crippen molar-refractivity contribution in [1.82, 2.24) is 0 Å². The summed E-state index contributed by atoms with van der Waals surface area (Å²) in [6.45, 7) is 53.7. The lowest BCUT2D eigenvalue weighted by Crippen LogP contribution is -2.62. The molecule has 8 aromatic rings. The fourth-order valence-electron chi connectivity index (χ4n) is 17.9. The molecule has 2 aliphatic heterocycles. The minimum absolute atomic E-state index is 0.00141. The van der Waals surface area contributed by atoms with Gasteiger partial charge in [0.15, 0.2) is 0 Å². The molecular weight excluding hydrogens is 1060 g/mol. The van der Waals surface area contributed by atoms with Crippen LogP contribution in [0.5, 0.6) is 0 Å². The van der Waals surface area contributed by atoms with Crippen molar-refractivity contribution in [2.75, 3.05) is 14.7 Å². The molecule has 0 N–H and O–H groups in total. The molecule has 14 rings (SSSR count). The lowest BCUT2D eigenvalue weighted by Gasteiger charge is -2.48. The van der Waals surface area contributed by atoms with Gasteiger partial charge in [-0.2, -0.15) is 0 Å². The van der Waals surface area contributed by atoms with E-state index >= 15 is 0 Å². The number of hydrogen-bond donors (Lipinski definition) is 0. The monoisotopic (exact) mass is 1160 g/mol. The number of hydrogen-bond acceptors (Lipinski definition) is 3. The van der Waals surface area contributed by atoms with Crippen LogP contribution >= 0.6 is 0 Å². The van der Waals surface area contributed by atoms with Crippen molar-refractivity contribution in [3.63, 3.8) is 0 Å². The molecule has 88 heavy (non-hydrogen) atoms. The highest BCUT2D eigenvalue weighted by Gasteiger charge is 2.52. The summed E-state index contributed by atoms with van der Waals surface area (Å²) in [6.07, 6.45) is 5.73. The first-order chi connectivity index (χ1) is 40.9. The van der Waals surface area contributed by atoms with Crippen molar-refractivity contribution in [3.8, 4) is 11.1 Å². The van der Waals surface area contributed by atoms with Gasteiger partial charge in [0.1, 0.15) is 0 Å². The van der Waals surface area contributed by atoms with Crippen molar-refractivity contribution in [2.45, 2.75) is 233 Å². The van der Waals surface area contributed by atoms with Crippen molar-refractivity contribution < 1.29 is 0 Å². The molecule has 2 heterocycles. The number of nitrogens with zero attached hydrogens (tertiary/aromatic N) is 3. The second-order valence-corrected chi connectivity index (χ2v) is 34.8. The fraction of sp³-hybridized carbons (Fsp3) is 0.429. The summed E-state index contributed by atoms with van der Waals surface area (Å²) in [5.74, 6) is 0. The number of anilines is 9. The van der Waals surface area contributed by atoms with Crippen molar-refractivity contribution in [1.29, 1.82) is 0 Å². The van der Waals surface area contributed by atoms with Crippen LogP contribution in [0.3, 0.4) is 0 Å². The highest BCUT2D eigenvalue weighted by Crippen LogP contribution is 2.60. The zero-order valence-electron chi connectivity index (χ0n) is 57.7. The van der Waals surface area contributed by atoms with Gasteiger partial charge in [0.2, 0.25) is 0 Å². The third-order valence-corrected chi connectivity index (χ3v) is 23.3. The first kappa shape index (κ1) is 58.9. The number of benzene rings is 8. The predicted molar refractivity (Wildman–Crippen MR) is 381 cm³/mol. The number of aryl methyl sites for hydroxylation is 2. The molecule has 4 aliphatic carbocycles. The van der Waals surface area contributed by atoms with E-state index < -0.39 is 0 Å². The summed E-state index contributed by atoms with van der Waals surface area (Å²) < 4.78 is 0. The molecule has 452 valence electrons. The van der Waals surface area contributed by atoms with Gasteiger partial charge in [0, 0.05) is 56.5 Å². The summed E-state index contributed by atoms with van der Waals surface area (Å²) in [4.78, 5) is 8.22.